The highest BCUT2D eigenvalue weighted by atomic mass is 16.3. The molecule has 0 aromatic heterocycles. The number of aromatic hydroxyl groups is 1. The smallest absolute Gasteiger partial charge is 0.234 e. The number of hydrogen-bond donors (Lipinski definition) is 1. The molecule has 82 valence electrons. The van der Waals surface area contributed by atoms with Crippen molar-refractivity contribution in [1.82, 2.24) is 4.90 Å². The Bertz CT molecular complexity index is 459. The van der Waals surface area contributed by atoms with Crippen LogP contribution in [0.2, 0.25) is 0 Å². The van der Waals surface area contributed by atoms with Gasteiger partial charge in [0.1, 0.15) is 5.75 Å². The zero-order valence-electron chi connectivity index (χ0n) is 8.94. The quantitative estimate of drug-likeness (QED) is 0.717. The third-order valence-electron chi connectivity index (χ3n) is 2.81. The van der Waals surface area contributed by atoms with E-state index >= 15 is 0 Å². The molecule has 1 aliphatic rings. The minimum atomic E-state index is -0.0171. The van der Waals surface area contributed by atoms with E-state index in [0.29, 0.717) is 13.1 Å². The lowest BCUT2D eigenvalue weighted by atomic mass is 9.99. The molecule has 1 N–H and O–H groups in total. The van der Waals surface area contributed by atoms with Crippen LogP contribution in [-0.2, 0) is 17.8 Å². The van der Waals surface area contributed by atoms with Gasteiger partial charge in [-0.15, -0.1) is 6.42 Å². The first-order valence-electron chi connectivity index (χ1n) is 5.22. The van der Waals surface area contributed by atoms with Crippen LogP contribution in [0.4, 0.5) is 0 Å². The van der Waals surface area contributed by atoms with Crippen molar-refractivity contribution in [2.75, 3.05) is 6.54 Å². The Morgan fingerprint density at radius 1 is 1.50 bits per heavy atom. The van der Waals surface area contributed by atoms with Crippen molar-refractivity contribution in [3.63, 3.8) is 0 Å². The maximum absolute atomic E-state index is 11.6. The van der Waals surface area contributed by atoms with Crippen molar-refractivity contribution in [2.45, 2.75) is 19.4 Å². The molecular weight excluding hydrogens is 202 g/mol. The van der Waals surface area contributed by atoms with Gasteiger partial charge in [-0.1, -0.05) is 12.0 Å². The number of rotatable bonds is 1. The standard InChI is InChI=1S/C13H13NO2/c1-2-3-13(16)14-7-6-10-4-5-12(15)8-11(10)9-14/h1,4-5,8,15H,3,6-7,9H2. The Balaban J connectivity index is 2.17. The number of nitrogens with zero attached hydrogens (tertiary/aromatic N) is 1. The Labute approximate surface area is 94.7 Å². The highest BCUT2D eigenvalue weighted by Gasteiger charge is 2.19. The van der Waals surface area contributed by atoms with Crippen molar-refractivity contribution in [3.05, 3.63) is 29.3 Å². The van der Waals surface area contributed by atoms with Crippen LogP contribution in [0, 0.1) is 12.3 Å². The number of amides is 1. The molecule has 1 heterocycles. The van der Waals surface area contributed by atoms with Crippen LogP contribution in [-0.4, -0.2) is 22.5 Å². The normalized spacial score (nSPS) is 14.1. The van der Waals surface area contributed by atoms with E-state index in [0.717, 1.165) is 12.0 Å². The van der Waals surface area contributed by atoms with Gasteiger partial charge in [-0.05, 0) is 29.7 Å². The molecule has 1 amide bonds. The van der Waals surface area contributed by atoms with Gasteiger partial charge in [0.05, 0.1) is 6.42 Å². The average Bonchev–Trinajstić information content (AvgIpc) is 2.28. The van der Waals surface area contributed by atoms with Crippen molar-refractivity contribution >= 4 is 5.91 Å². The second kappa shape index (κ2) is 4.28. The molecule has 0 radical (unpaired) electrons. The van der Waals surface area contributed by atoms with E-state index in [1.54, 1.807) is 17.0 Å². The first-order chi connectivity index (χ1) is 7.70. The van der Waals surface area contributed by atoms with Gasteiger partial charge in [0.25, 0.3) is 0 Å². The molecule has 0 bridgehead atoms. The summed E-state index contributed by atoms with van der Waals surface area (Å²) in [4.78, 5) is 13.4. The minimum Gasteiger partial charge on any atom is -0.508 e. The summed E-state index contributed by atoms with van der Waals surface area (Å²) in [6.07, 6.45) is 6.09. The summed E-state index contributed by atoms with van der Waals surface area (Å²) in [6.45, 7) is 1.25. The van der Waals surface area contributed by atoms with Crippen LogP contribution >= 0.6 is 0 Å². The predicted molar refractivity (Wildman–Crippen MR) is 60.7 cm³/mol. The van der Waals surface area contributed by atoms with Crippen LogP contribution in [0.1, 0.15) is 17.5 Å². The zero-order valence-corrected chi connectivity index (χ0v) is 8.94. The summed E-state index contributed by atoms with van der Waals surface area (Å²) in [6, 6.07) is 5.30. The number of fused-ring (bicyclic) bond motifs is 1. The second-order valence-electron chi connectivity index (χ2n) is 3.90. The fourth-order valence-electron chi connectivity index (χ4n) is 1.96. The highest BCUT2D eigenvalue weighted by Crippen LogP contribution is 2.23. The van der Waals surface area contributed by atoms with Gasteiger partial charge in [-0.3, -0.25) is 4.79 Å². The molecule has 1 aromatic carbocycles. The molecule has 1 aromatic rings. The number of carbonyl (C=O) groups is 1. The molecule has 0 spiro atoms. The molecule has 16 heavy (non-hydrogen) atoms. The second-order valence-corrected chi connectivity index (χ2v) is 3.90. The van der Waals surface area contributed by atoms with Gasteiger partial charge in [0, 0.05) is 13.1 Å². The summed E-state index contributed by atoms with van der Waals surface area (Å²) in [7, 11) is 0. The van der Waals surface area contributed by atoms with E-state index in [1.165, 1.54) is 5.56 Å². The molecule has 0 fully saturated rings. The average molecular weight is 215 g/mol. The summed E-state index contributed by atoms with van der Waals surface area (Å²) in [5.74, 6) is 2.58. The largest absolute Gasteiger partial charge is 0.508 e. The molecular formula is C13H13NO2. The number of phenols is 1. The summed E-state index contributed by atoms with van der Waals surface area (Å²) in [5.41, 5.74) is 2.21. The third-order valence-corrected chi connectivity index (χ3v) is 2.81. The highest BCUT2D eigenvalue weighted by molar-refractivity contribution is 5.78. The van der Waals surface area contributed by atoms with Gasteiger partial charge in [-0.25, -0.2) is 0 Å². The minimum absolute atomic E-state index is 0.0171. The number of terminal acetylenes is 1. The SMILES string of the molecule is C#CCC(=O)N1CCc2ccc(O)cc2C1. The lowest BCUT2D eigenvalue weighted by molar-refractivity contribution is -0.131. The van der Waals surface area contributed by atoms with Crippen molar-refractivity contribution in [2.24, 2.45) is 0 Å². The predicted octanol–water partition coefficient (Wildman–Crippen LogP) is 1.30. The van der Waals surface area contributed by atoms with Crippen molar-refractivity contribution in [1.29, 1.82) is 0 Å². The van der Waals surface area contributed by atoms with Gasteiger partial charge >= 0.3 is 0 Å². The number of carbonyl (C=O) groups excluding carboxylic acids is 1. The summed E-state index contributed by atoms with van der Waals surface area (Å²) in [5, 5.41) is 9.38. The molecule has 0 saturated carbocycles. The molecule has 0 aliphatic carbocycles. The number of benzene rings is 1. The van der Waals surface area contributed by atoms with E-state index in [1.807, 2.05) is 6.07 Å². The Kier molecular flexibility index (Phi) is 2.82. The number of hydrogen-bond acceptors (Lipinski definition) is 2. The molecule has 0 saturated heterocycles. The van der Waals surface area contributed by atoms with Gasteiger partial charge in [-0.2, -0.15) is 0 Å². The maximum Gasteiger partial charge on any atom is 0.234 e. The lowest BCUT2D eigenvalue weighted by Crippen LogP contribution is -2.35. The maximum atomic E-state index is 11.6. The van der Waals surface area contributed by atoms with Crippen molar-refractivity contribution in [3.8, 4) is 18.1 Å². The third kappa shape index (κ3) is 2.01. The lowest BCUT2D eigenvalue weighted by Gasteiger charge is -2.28. The zero-order chi connectivity index (χ0) is 11.5. The molecule has 1 aliphatic heterocycles. The molecule has 2 rings (SSSR count). The Morgan fingerprint density at radius 2 is 2.31 bits per heavy atom. The van der Waals surface area contributed by atoms with E-state index in [9.17, 15) is 9.90 Å². The first kappa shape index (κ1) is 10.6. The fourth-order valence-corrected chi connectivity index (χ4v) is 1.96. The van der Waals surface area contributed by atoms with Crippen LogP contribution in [0.3, 0.4) is 0 Å². The monoisotopic (exact) mass is 215 g/mol. The molecule has 3 nitrogen and oxygen atoms in total. The van der Waals surface area contributed by atoms with E-state index in [-0.39, 0.29) is 18.1 Å². The van der Waals surface area contributed by atoms with E-state index < -0.39 is 0 Å². The van der Waals surface area contributed by atoms with E-state index in [2.05, 4.69) is 5.92 Å². The van der Waals surface area contributed by atoms with Crippen LogP contribution in [0.25, 0.3) is 0 Å². The van der Waals surface area contributed by atoms with Crippen LogP contribution in [0.15, 0.2) is 18.2 Å². The fraction of sp³-hybridized carbons (Fsp3) is 0.308. The first-order valence-corrected chi connectivity index (χ1v) is 5.22. The van der Waals surface area contributed by atoms with Gasteiger partial charge in [0.2, 0.25) is 5.91 Å². The van der Waals surface area contributed by atoms with E-state index in [4.69, 9.17) is 6.42 Å². The van der Waals surface area contributed by atoms with Gasteiger partial charge in [0.15, 0.2) is 0 Å². The topological polar surface area (TPSA) is 40.5 Å². The Hall–Kier alpha value is -1.95. The summed E-state index contributed by atoms with van der Waals surface area (Å²) >= 11 is 0. The Morgan fingerprint density at radius 3 is 3.06 bits per heavy atom. The summed E-state index contributed by atoms with van der Waals surface area (Å²) < 4.78 is 0. The van der Waals surface area contributed by atoms with Crippen LogP contribution in [0.5, 0.6) is 5.75 Å². The number of phenolic OH excluding ortho intramolecular Hbond substituents is 1. The van der Waals surface area contributed by atoms with Gasteiger partial charge < -0.3 is 10.0 Å². The van der Waals surface area contributed by atoms with Crippen LogP contribution < -0.4 is 0 Å². The van der Waals surface area contributed by atoms with Crippen molar-refractivity contribution < 1.29 is 9.90 Å². The molecule has 0 atom stereocenters. The molecule has 3 heteroatoms. The molecule has 0 unspecified atom stereocenters.